The highest BCUT2D eigenvalue weighted by molar-refractivity contribution is 6.04. The minimum absolute atomic E-state index is 0.121. The van der Waals surface area contributed by atoms with Crippen molar-refractivity contribution >= 4 is 11.6 Å². The number of amides is 1. The molecule has 1 N–H and O–H groups in total. The summed E-state index contributed by atoms with van der Waals surface area (Å²) in [5.74, 6) is -2.41. The number of nitrogens with one attached hydrogen (secondary N) is 1. The summed E-state index contributed by atoms with van der Waals surface area (Å²) in [6, 6.07) is 13.4. The fourth-order valence-electron chi connectivity index (χ4n) is 2.62. The van der Waals surface area contributed by atoms with Gasteiger partial charge in [0.2, 0.25) is 0 Å². The molecule has 0 bridgehead atoms. The lowest BCUT2D eigenvalue weighted by molar-refractivity contribution is 0.102. The Bertz CT molecular complexity index is 1030. The third-order valence-corrected chi connectivity index (χ3v) is 3.88. The van der Waals surface area contributed by atoms with E-state index in [4.69, 9.17) is 0 Å². The second-order valence-corrected chi connectivity index (χ2v) is 5.92. The van der Waals surface area contributed by atoms with Crippen LogP contribution in [0.25, 0.3) is 0 Å². The summed E-state index contributed by atoms with van der Waals surface area (Å²) in [5, 5.41) is 2.30. The van der Waals surface area contributed by atoms with E-state index in [9.17, 15) is 18.4 Å². The number of benzene rings is 2. The number of pyridine rings is 1. The van der Waals surface area contributed by atoms with Crippen LogP contribution in [0.1, 0.15) is 21.5 Å². The molecule has 0 saturated carbocycles. The predicted molar refractivity (Wildman–Crippen MR) is 95.3 cm³/mol. The van der Waals surface area contributed by atoms with Gasteiger partial charge in [-0.15, -0.1) is 0 Å². The van der Waals surface area contributed by atoms with E-state index in [2.05, 4.69) is 5.32 Å². The molecule has 0 unspecified atom stereocenters. The molecule has 0 aliphatic carbocycles. The maximum Gasteiger partial charge on any atom is 0.263 e. The van der Waals surface area contributed by atoms with E-state index in [-0.39, 0.29) is 11.3 Å². The number of hydrogen-bond donors (Lipinski definition) is 1. The fraction of sp³-hybridized carbons (Fsp3) is 0.100. The van der Waals surface area contributed by atoms with Crippen molar-refractivity contribution in [3.63, 3.8) is 0 Å². The molecule has 2 aromatic carbocycles. The number of hydrogen-bond acceptors (Lipinski definition) is 2. The third-order valence-electron chi connectivity index (χ3n) is 3.88. The smallest absolute Gasteiger partial charge is 0.263 e. The van der Waals surface area contributed by atoms with Gasteiger partial charge in [0.1, 0.15) is 17.2 Å². The van der Waals surface area contributed by atoms with E-state index in [0.29, 0.717) is 12.6 Å². The minimum atomic E-state index is -0.908. The summed E-state index contributed by atoms with van der Waals surface area (Å²) in [4.78, 5) is 24.9. The van der Waals surface area contributed by atoms with Crippen molar-refractivity contribution in [1.82, 2.24) is 4.57 Å². The molecule has 3 aromatic rings. The molecule has 0 atom stereocenters. The Morgan fingerprint density at radius 3 is 2.62 bits per heavy atom. The van der Waals surface area contributed by atoms with E-state index >= 15 is 0 Å². The lowest BCUT2D eigenvalue weighted by atomic mass is 10.1. The number of aryl methyl sites for hydroxylation is 1. The van der Waals surface area contributed by atoms with Crippen LogP contribution in [-0.2, 0) is 6.54 Å². The van der Waals surface area contributed by atoms with Crippen molar-refractivity contribution in [3.8, 4) is 0 Å². The molecule has 0 aliphatic heterocycles. The van der Waals surface area contributed by atoms with E-state index in [0.717, 1.165) is 23.3 Å². The zero-order valence-electron chi connectivity index (χ0n) is 14.0. The monoisotopic (exact) mass is 354 g/mol. The van der Waals surface area contributed by atoms with Gasteiger partial charge in [-0.1, -0.05) is 29.8 Å². The summed E-state index contributed by atoms with van der Waals surface area (Å²) < 4.78 is 28.1. The summed E-state index contributed by atoms with van der Waals surface area (Å²) in [6.45, 7) is 2.26. The number of halogens is 2. The third kappa shape index (κ3) is 3.85. The molecule has 26 heavy (non-hydrogen) atoms. The molecule has 1 heterocycles. The molecule has 0 fully saturated rings. The van der Waals surface area contributed by atoms with Gasteiger partial charge in [-0.05, 0) is 36.8 Å². The van der Waals surface area contributed by atoms with Gasteiger partial charge < -0.3 is 9.88 Å². The Balaban J connectivity index is 1.86. The van der Waals surface area contributed by atoms with Gasteiger partial charge in [0.25, 0.3) is 11.5 Å². The van der Waals surface area contributed by atoms with E-state index in [1.165, 1.54) is 10.6 Å². The fourth-order valence-corrected chi connectivity index (χ4v) is 2.62. The molecule has 4 nitrogen and oxygen atoms in total. The zero-order chi connectivity index (χ0) is 18.7. The number of carbonyl (C=O) groups is 1. The first-order chi connectivity index (χ1) is 12.4. The first kappa shape index (κ1) is 17.5. The summed E-state index contributed by atoms with van der Waals surface area (Å²) in [5.41, 5.74) is 1.19. The molecule has 0 saturated heterocycles. The zero-order valence-corrected chi connectivity index (χ0v) is 14.0. The molecular formula is C20H16F2N2O2. The maximum absolute atomic E-state index is 13.7. The van der Waals surface area contributed by atoms with Gasteiger partial charge in [-0.3, -0.25) is 9.59 Å². The van der Waals surface area contributed by atoms with Gasteiger partial charge >= 0.3 is 0 Å². The van der Waals surface area contributed by atoms with Crippen LogP contribution in [0.2, 0.25) is 0 Å². The molecule has 1 aromatic heterocycles. The number of carbonyl (C=O) groups excluding carboxylic acids is 1. The van der Waals surface area contributed by atoms with E-state index in [1.807, 2.05) is 31.2 Å². The SMILES string of the molecule is Cc1cccc(Cn2cccc(C(=O)Nc3ccc(F)cc3F)c2=O)c1. The van der Waals surface area contributed by atoms with Crippen LogP contribution in [0.5, 0.6) is 0 Å². The van der Waals surface area contributed by atoms with Gasteiger partial charge in [-0.25, -0.2) is 8.78 Å². The van der Waals surface area contributed by atoms with Gasteiger partial charge in [-0.2, -0.15) is 0 Å². The van der Waals surface area contributed by atoms with Crippen molar-refractivity contribution in [1.29, 1.82) is 0 Å². The van der Waals surface area contributed by atoms with Crippen LogP contribution in [-0.4, -0.2) is 10.5 Å². The van der Waals surface area contributed by atoms with Crippen LogP contribution in [0, 0.1) is 18.6 Å². The Labute approximate surface area is 148 Å². The average molecular weight is 354 g/mol. The predicted octanol–water partition coefficient (Wildman–Crippen LogP) is 3.74. The molecule has 0 aliphatic rings. The van der Waals surface area contributed by atoms with Crippen LogP contribution in [0.3, 0.4) is 0 Å². The summed E-state index contributed by atoms with van der Waals surface area (Å²) >= 11 is 0. The Morgan fingerprint density at radius 2 is 1.88 bits per heavy atom. The van der Waals surface area contributed by atoms with Crippen LogP contribution in [0.4, 0.5) is 14.5 Å². The lowest BCUT2D eigenvalue weighted by Gasteiger charge is -2.10. The number of nitrogens with zero attached hydrogens (tertiary/aromatic N) is 1. The largest absolute Gasteiger partial charge is 0.319 e. The normalized spacial score (nSPS) is 10.6. The first-order valence-electron chi connectivity index (χ1n) is 7.95. The Hall–Kier alpha value is -3.28. The molecule has 0 spiro atoms. The average Bonchev–Trinajstić information content (AvgIpc) is 2.59. The van der Waals surface area contributed by atoms with Crippen LogP contribution >= 0.6 is 0 Å². The van der Waals surface area contributed by atoms with Crippen molar-refractivity contribution in [2.24, 2.45) is 0 Å². The Morgan fingerprint density at radius 1 is 1.08 bits per heavy atom. The topological polar surface area (TPSA) is 51.1 Å². The first-order valence-corrected chi connectivity index (χ1v) is 7.95. The van der Waals surface area contributed by atoms with E-state index in [1.54, 1.807) is 12.3 Å². The minimum Gasteiger partial charge on any atom is -0.319 e. The molecule has 0 radical (unpaired) electrons. The molecule has 132 valence electrons. The maximum atomic E-state index is 13.7. The molecule has 1 amide bonds. The van der Waals surface area contributed by atoms with Gasteiger partial charge in [0.05, 0.1) is 12.2 Å². The standard InChI is InChI=1S/C20H16F2N2O2/c1-13-4-2-5-14(10-13)12-24-9-3-6-16(20(24)26)19(25)23-18-8-7-15(21)11-17(18)22/h2-11H,12H2,1H3,(H,23,25). The Kier molecular flexibility index (Phi) is 4.93. The summed E-state index contributed by atoms with van der Waals surface area (Å²) in [6.07, 6.45) is 1.58. The molecule has 3 rings (SSSR count). The lowest BCUT2D eigenvalue weighted by Crippen LogP contribution is -2.29. The van der Waals surface area contributed by atoms with Crippen molar-refractivity contribution < 1.29 is 13.6 Å². The number of aromatic nitrogens is 1. The number of anilines is 1. The summed E-state index contributed by atoms with van der Waals surface area (Å²) in [7, 11) is 0. The van der Waals surface area contributed by atoms with E-state index < -0.39 is 23.1 Å². The van der Waals surface area contributed by atoms with Crippen molar-refractivity contribution in [2.45, 2.75) is 13.5 Å². The number of rotatable bonds is 4. The van der Waals surface area contributed by atoms with Gasteiger partial charge in [0, 0.05) is 12.3 Å². The highest BCUT2D eigenvalue weighted by Gasteiger charge is 2.14. The highest BCUT2D eigenvalue weighted by Crippen LogP contribution is 2.15. The van der Waals surface area contributed by atoms with Gasteiger partial charge in [0.15, 0.2) is 0 Å². The second-order valence-electron chi connectivity index (χ2n) is 5.92. The van der Waals surface area contributed by atoms with Crippen molar-refractivity contribution in [3.05, 3.63) is 99.5 Å². The quantitative estimate of drug-likeness (QED) is 0.776. The van der Waals surface area contributed by atoms with Crippen LogP contribution < -0.4 is 10.9 Å². The molecular weight excluding hydrogens is 338 g/mol. The molecule has 6 heteroatoms. The second kappa shape index (κ2) is 7.31. The highest BCUT2D eigenvalue weighted by atomic mass is 19.1. The van der Waals surface area contributed by atoms with Crippen LogP contribution in [0.15, 0.2) is 65.6 Å². The van der Waals surface area contributed by atoms with Crippen molar-refractivity contribution in [2.75, 3.05) is 5.32 Å².